The molecule has 2 atom stereocenters. The van der Waals surface area contributed by atoms with Gasteiger partial charge < -0.3 is 15.7 Å². The number of carbonyl (C=O) groups is 1. The van der Waals surface area contributed by atoms with Gasteiger partial charge in [0, 0.05) is 30.9 Å². The van der Waals surface area contributed by atoms with Gasteiger partial charge in [-0.05, 0) is 0 Å². The van der Waals surface area contributed by atoms with Gasteiger partial charge >= 0.3 is 0 Å². The first kappa shape index (κ1) is 10.5. The molecule has 1 aliphatic rings. The number of hydrogen-bond donors (Lipinski definition) is 3. The van der Waals surface area contributed by atoms with E-state index in [2.05, 4.69) is 15.6 Å². The smallest absolute Gasteiger partial charge is 0.270 e. The Bertz CT molecular complexity index is 328. The van der Waals surface area contributed by atoms with Gasteiger partial charge in [-0.15, -0.1) is 11.3 Å². The highest BCUT2D eigenvalue weighted by Crippen LogP contribution is 2.07. The number of aliphatic hydroxyl groups excluding tert-OH is 1. The van der Waals surface area contributed by atoms with E-state index in [9.17, 15) is 9.90 Å². The maximum absolute atomic E-state index is 11.5. The number of hydrogen-bond acceptors (Lipinski definition) is 5. The van der Waals surface area contributed by atoms with E-state index in [0.29, 0.717) is 18.8 Å². The van der Waals surface area contributed by atoms with Crippen LogP contribution >= 0.6 is 11.3 Å². The molecule has 1 aliphatic heterocycles. The van der Waals surface area contributed by atoms with Crippen LogP contribution in [0.4, 0.5) is 0 Å². The van der Waals surface area contributed by atoms with Gasteiger partial charge in [-0.2, -0.15) is 0 Å². The molecule has 0 saturated carbocycles. The van der Waals surface area contributed by atoms with Crippen molar-refractivity contribution >= 4 is 17.2 Å². The second-order valence-corrected chi connectivity index (χ2v) is 4.29. The Morgan fingerprint density at radius 3 is 3.20 bits per heavy atom. The minimum Gasteiger partial charge on any atom is -0.391 e. The molecule has 2 heterocycles. The van der Waals surface area contributed by atoms with Crippen LogP contribution in [0.15, 0.2) is 10.9 Å². The lowest BCUT2D eigenvalue weighted by Crippen LogP contribution is -2.34. The molecule has 3 N–H and O–H groups in total. The van der Waals surface area contributed by atoms with E-state index in [1.165, 1.54) is 11.3 Å². The summed E-state index contributed by atoms with van der Waals surface area (Å²) in [5, 5.41) is 17.0. The number of nitrogens with zero attached hydrogens (tertiary/aromatic N) is 1. The molecule has 0 spiro atoms. The van der Waals surface area contributed by atoms with Gasteiger partial charge in [-0.3, -0.25) is 4.79 Å². The van der Waals surface area contributed by atoms with Crippen LogP contribution in [0.2, 0.25) is 0 Å². The van der Waals surface area contributed by atoms with Gasteiger partial charge in [0.05, 0.1) is 11.6 Å². The third-order valence-corrected chi connectivity index (χ3v) is 3.08. The summed E-state index contributed by atoms with van der Waals surface area (Å²) in [5.41, 5.74) is 2.07. The molecule has 1 amide bonds. The van der Waals surface area contributed by atoms with Crippen molar-refractivity contribution in [1.82, 2.24) is 15.6 Å². The molecule has 5 nitrogen and oxygen atoms in total. The van der Waals surface area contributed by atoms with Gasteiger partial charge in [-0.1, -0.05) is 0 Å². The minimum atomic E-state index is -0.360. The lowest BCUT2D eigenvalue weighted by Gasteiger charge is -2.13. The molecule has 0 aliphatic carbocycles. The summed E-state index contributed by atoms with van der Waals surface area (Å²) in [5.74, 6) is -0.0667. The van der Waals surface area contributed by atoms with Crippen molar-refractivity contribution in [3.8, 4) is 0 Å². The van der Waals surface area contributed by atoms with Crippen molar-refractivity contribution in [2.24, 2.45) is 5.92 Å². The number of rotatable bonds is 3. The Morgan fingerprint density at radius 1 is 1.73 bits per heavy atom. The molecule has 0 bridgehead atoms. The summed E-state index contributed by atoms with van der Waals surface area (Å²) in [4.78, 5) is 15.4. The van der Waals surface area contributed by atoms with Crippen molar-refractivity contribution in [3.63, 3.8) is 0 Å². The Balaban J connectivity index is 1.81. The first-order valence-corrected chi connectivity index (χ1v) is 5.77. The van der Waals surface area contributed by atoms with E-state index in [-0.39, 0.29) is 17.9 Å². The Hall–Kier alpha value is -0.980. The van der Waals surface area contributed by atoms with Gasteiger partial charge in [0.15, 0.2) is 0 Å². The first-order chi connectivity index (χ1) is 7.27. The van der Waals surface area contributed by atoms with Gasteiger partial charge in [0.1, 0.15) is 5.69 Å². The average Bonchev–Trinajstić information content (AvgIpc) is 2.85. The Morgan fingerprint density at radius 2 is 2.60 bits per heavy atom. The van der Waals surface area contributed by atoms with E-state index in [1.54, 1.807) is 10.9 Å². The summed E-state index contributed by atoms with van der Waals surface area (Å²) in [7, 11) is 0. The Labute approximate surface area is 91.5 Å². The maximum atomic E-state index is 11.5. The fourth-order valence-electron chi connectivity index (χ4n) is 1.57. The summed E-state index contributed by atoms with van der Waals surface area (Å²) in [6, 6.07) is 0. The standard InChI is InChI=1S/C9H13N3O2S/c13-8-3-10-1-6(8)2-11-9(14)7-4-15-5-12-7/h4-6,8,10,13H,1-3H2,(H,11,14). The molecule has 2 unspecified atom stereocenters. The number of β-amino-alcohol motifs (C(OH)–C–C–N with tert-alkyl or cyclic N) is 1. The van der Waals surface area contributed by atoms with Crippen molar-refractivity contribution in [1.29, 1.82) is 0 Å². The normalized spacial score (nSPS) is 25.4. The molecule has 0 aromatic carbocycles. The number of aliphatic hydroxyl groups is 1. The predicted octanol–water partition coefficient (Wildman–Crippen LogP) is -0.547. The summed E-state index contributed by atoms with van der Waals surface area (Å²) in [6.45, 7) is 1.85. The third-order valence-electron chi connectivity index (χ3n) is 2.49. The van der Waals surface area contributed by atoms with Crippen LogP contribution in [0, 0.1) is 5.92 Å². The monoisotopic (exact) mass is 227 g/mol. The van der Waals surface area contributed by atoms with Crippen LogP contribution in [-0.2, 0) is 0 Å². The SMILES string of the molecule is O=C(NCC1CNCC1O)c1cscn1. The van der Waals surface area contributed by atoms with Crippen molar-refractivity contribution in [2.75, 3.05) is 19.6 Å². The number of nitrogens with one attached hydrogen (secondary N) is 2. The van der Waals surface area contributed by atoms with Crippen molar-refractivity contribution in [2.45, 2.75) is 6.10 Å². The van der Waals surface area contributed by atoms with Crippen LogP contribution < -0.4 is 10.6 Å². The molecule has 1 aromatic rings. The molecule has 2 rings (SSSR count). The summed E-state index contributed by atoms with van der Waals surface area (Å²) < 4.78 is 0. The molecule has 1 aromatic heterocycles. The average molecular weight is 227 g/mol. The summed E-state index contributed by atoms with van der Waals surface area (Å²) in [6.07, 6.45) is -0.360. The second-order valence-electron chi connectivity index (χ2n) is 3.57. The number of thiazole rings is 1. The van der Waals surface area contributed by atoms with E-state index < -0.39 is 0 Å². The molecule has 1 fully saturated rings. The zero-order chi connectivity index (χ0) is 10.7. The number of amides is 1. The molecule has 15 heavy (non-hydrogen) atoms. The largest absolute Gasteiger partial charge is 0.391 e. The highest BCUT2D eigenvalue weighted by molar-refractivity contribution is 7.07. The van der Waals surface area contributed by atoms with Crippen molar-refractivity contribution < 1.29 is 9.90 Å². The van der Waals surface area contributed by atoms with E-state index in [4.69, 9.17) is 0 Å². The van der Waals surface area contributed by atoms with Gasteiger partial charge in [-0.25, -0.2) is 4.98 Å². The highest BCUT2D eigenvalue weighted by atomic mass is 32.1. The van der Waals surface area contributed by atoms with Crippen LogP contribution in [0.1, 0.15) is 10.5 Å². The van der Waals surface area contributed by atoms with Crippen LogP contribution in [0.5, 0.6) is 0 Å². The van der Waals surface area contributed by atoms with Gasteiger partial charge in [0.2, 0.25) is 0 Å². The van der Waals surface area contributed by atoms with Gasteiger partial charge in [0.25, 0.3) is 5.91 Å². The molecular formula is C9H13N3O2S. The van der Waals surface area contributed by atoms with Crippen LogP contribution in [0.3, 0.4) is 0 Å². The van der Waals surface area contributed by atoms with E-state index in [1.807, 2.05) is 0 Å². The van der Waals surface area contributed by atoms with Crippen LogP contribution in [0.25, 0.3) is 0 Å². The zero-order valence-corrected chi connectivity index (χ0v) is 8.96. The third kappa shape index (κ3) is 2.53. The lowest BCUT2D eigenvalue weighted by molar-refractivity contribution is 0.0923. The topological polar surface area (TPSA) is 74.2 Å². The number of aromatic nitrogens is 1. The second kappa shape index (κ2) is 4.69. The quantitative estimate of drug-likeness (QED) is 0.648. The molecule has 0 radical (unpaired) electrons. The van der Waals surface area contributed by atoms with Crippen LogP contribution in [-0.4, -0.2) is 41.7 Å². The fraction of sp³-hybridized carbons (Fsp3) is 0.556. The molecule has 1 saturated heterocycles. The molecular weight excluding hydrogens is 214 g/mol. The zero-order valence-electron chi connectivity index (χ0n) is 8.14. The van der Waals surface area contributed by atoms with E-state index >= 15 is 0 Å². The fourth-order valence-corrected chi connectivity index (χ4v) is 2.10. The highest BCUT2D eigenvalue weighted by Gasteiger charge is 2.25. The van der Waals surface area contributed by atoms with Crippen molar-refractivity contribution in [3.05, 3.63) is 16.6 Å². The minimum absolute atomic E-state index is 0.104. The summed E-state index contributed by atoms with van der Waals surface area (Å²) >= 11 is 1.39. The first-order valence-electron chi connectivity index (χ1n) is 4.82. The number of carbonyl (C=O) groups excluding carboxylic acids is 1. The Kier molecular flexibility index (Phi) is 3.30. The molecule has 6 heteroatoms. The lowest BCUT2D eigenvalue weighted by atomic mass is 10.1. The maximum Gasteiger partial charge on any atom is 0.270 e. The molecule has 82 valence electrons. The van der Waals surface area contributed by atoms with E-state index in [0.717, 1.165) is 6.54 Å². The predicted molar refractivity (Wildman–Crippen MR) is 56.8 cm³/mol.